The van der Waals surface area contributed by atoms with Crippen LogP contribution in [-0.4, -0.2) is 70.8 Å². The van der Waals surface area contributed by atoms with Gasteiger partial charge < -0.3 is 14.9 Å². The zero-order valence-electron chi connectivity index (χ0n) is 13.4. The average Bonchev–Trinajstić information content (AvgIpc) is 2.55. The molecule has 26 heavy (non-hydrogen) atoms. The Morgan fingerprint density at radius 1 is 1.08 bits per heavy atom. The van der Waals surface area contributed by atoms with Crippen LogP contribution in [0.25, 0.3) is 10.9 Å². The summed E-state index contributed by atoms with van der Waals surface area (Å²) in [5.74, 6) is -2.12. The number of sulfonamides is 1. The van der Waals surface area contributed by atoms with Crippen molar-refractivity contribution in [2.75, 3.05) is 4.72 Å². The molecule has 1 radical (unpaired) electrons. The van der Waals surface area contributed by atoms with Gasteiger partial charge in [-0.15, -0.1) is 0 Å². The van der Waals surface area contributed by atoms with Crippen LogP contribution in [0.2, 0.25) is 0 Å². The number of carbonyl (C=O) groups excluding carboxylic acids is 1. The molecule has 7 nitrogen and oxygen atoms in total. The second-order valence-corrected chi connectivity index (χ2v) is 6.84. The smallest absolute Gasteiger partial charge is 0.261 e. The van der Waals surface area contributed by atoms with E-state index >= 15 is 0 Å². The number of H-pyrrole nitrogens is 1. The number of carboxylic acids is 1. The zero-order chi connectivity index (χ0) is 18.2. The third-order valence-electron chi connectivity index (χ3n) is 3.44. The second-order valence-electron chi connectivity index (χ2n) is 5.15. The van der Waals surface area contributed by atoms with E-state index in [1.165, 1.54) is 24.3 Å². The van der Waals surface area contributed by atoms with Gasteiger partial charge in [-0.3, -0.25) is 9.52 Å². The van der Waals surface area contributed by atoms with E-state index in [9.17, 15) is 27.5 Å². The Kier molecular flexibility index (Phi) is 6.37. The normalized spacial score (nSPS) is 11.0. The summed E-state index contributed by atoms with van der Waals surface area (Å²) in [4.78, 5) is 24.8. The Balaban J connectivity index is 0.00000243. The van der Waals surface area contributed by atoms with Gasteiger partial charge >= 0.3 is 0 Å². The minimum absolute atomic E-state index is 0. The summed E-state index contributed by atoms with van der Waals surface area (Å²) in [6, 6.07) is 9.11. The molecule has 0 aliphatic heterocycles. The third kappa shape index (κ3) is 4.39. The predicted octanol–water partition coefficient (Wildman–Crippen LogP) is 0.451. The molecule has 2 aromatic carbocycles. The molecule has 0 aliphatic carbocycles. The molecule has 0 fully saturated rings. The maximum absolute atomic E-state index is 12.9. The first-order valence-corrected chi connectivity index (χ1v) is 8.41. The molecule has 1 aromatic heterocycles. The molecule has 0 amide bonds. The van der Waals surface area contributed by atoms with Gasteiger partial charge in [0.15, 0.2) is 0 Å². The molecule has 0 spiro atoms. The Labute approximate surface area is 189 Å². The standard InChI is InChI=1S/C16H11FN2O5S.K/c17-9-1-3-10(4-2-9)19-25(23,24)11-5-6-14-12(7-11)13(16(21)22)8-15(20)18-14;/h1-8,19H,(H,18,20)(H,21,22);/p-1. The Morgan fingerprint density at radius 3 is 2.35 bits per heavy atom. The number of fused-ring (bicyclic) bond motifs is 1. The van der Waals surface area contributed by atoms with Crippen molar-refractivity contribution < 1.29 is 22.7 Å². The summed E-state index contributed by atoms with van der Waals surface area (Å²) in [7, 11) is -4.05. The van der Waals surface area contributed by atoms with E-state index in [2.05, 4.69) is 9.71 Å². The van der Waals surface area contributed by atoms with Crippen molar-refractivity contribution in [1.29, 1.82) is 0 Å². The molecule has 0 saturated carbocycles. The van der Waals surface area contributed by atoms with Crippen LogP contribution in [-0.2, 0) is 10.0 Å². The monoisotopic (exact) mass is 400 g/mol. The molecule has 2 N–H and O–H groups in total. The summed E-state index contributed by atoms with van der Waals surface area (Å²) < 4.78 is 40.0. The van der Waals surface area contributed by atoms with Gasteiger partial charge in [0, 0.05) is 79.6 Å². The van der Waals surface area contributed by atoms with E-state index in [4.69, 9.17) is 0 Å². The number of benzene rings is 2. The van der Waals surface area contributed by atoms with Gasteiger partial charge in [-0.1, -0.05) is 0 Å². The first-order chi connectivity index (χ1) is 11.8. The fourth-order valence-electron chi connectivity index (χ4n) is 2.30. The molecular formula is C16H10FKN2O5S-. The Hall–Kier alpha value is -1.56. The molecule has 0 saturated heterocycles. The largest absolute Gasteiger partial charge is 0.545 e. The number of carboxylic acid groups (broad SMARTS) is 1. The third-order valence-corrected chi connectivity index (χ3v) is 4.82. The van der Waals surface area contributed by atoms with Gasteiger partial charge in [0.2, 0.25) is 5.56 Å². The molecule has 129 valence electrons. The fourth-order valence-corrected chi connectivity index (χ4v) is 3.39. The van der Waals surface area contributed by atoms with Crippen LogP contribution in [0.1, 0.15) is 10.4 Å². The van der Waals surface area contributed by atoms with Crippen molar-refractivity contribution in [3.8, 4) is 0 Å². The van der Waals surface area contributed by atoms with Gasteiger partial charge in [0.1, 0.15) is 5.82 Å². The number of hydrogen-bond acceptors (Lipinski definition) is 5. The molecule has 3 rings (SSSR count). The molecule has 10 heteroatoms. The van der Waals surface area contributed by atoms with E-state index in [1.807, 2.05) is 0 Å². The van der Waals surface area contributed by atoms with Crippen molar-refractivity contribution in [3.05, 3.63) is 70.3 Å². The first-order valence-electron chi connectivity index (χ1n) is 6.93. The van der Waals surface area contributed by atoms with Crippen LogP contribution in [0.5, 0.6) is 0 Å². The van der Waals surface area contributed by atoms with E-state index in [0.29, 0.717) is 0 Å². The van der Waals surface area contributed by atoms with Crippen molar-refractivity contribution in [1.82, 2.24) is 4.98 Å². The summed E-state index contributed by atoms with van der Waals surface area (Å²) >= 11 is 0. The molecule has 3 aromatic rings. The van der Waals surface area contributed by atoms with Gasteiger partial charge in [0.25, 0.3) is 10.0 Å². The van der Waals surface area contributed by atoms with Crippen LogP contribution < -0.4 is 15.4 Å². The molecule has 1 heterocycles. The van der Waals surface area contributed by atoms with Crippen molar-refractivity contribution >= 4 is 84.0 Å². The van der Waals surface area contributed by atoms with Crippen LogP contribution in [0, 0.1) is 5.82 Å². The maximum Gasteiger partial charge on any atom is 0.261 e. The van der Waals surface area contributed by atoms with E-state index in [1.54, 1.807) is 0 Å². The van der Waals surface area contributed by atoms with Gasteiger partial charge in [0.05, 0.1) is 10.9 Å². The van der Waals surface area contributed by atoms with Crippen LogP contribution in [0.3, 0.4) is 0 Å². The van der Waals surface area contributed by atoms with Gasteiger partial charge in [-0.05, 0) is 42.5 Å². The fraction of sp³-hybridized carbons (Fsp3) is 0. The Bertz CT molecular complexity index is 1140. The minimum atomic E-state index is -4.05. The number of aromatic carboxylic acids is 1. The van der Waals surface area contributed by atoms with Crippen molar-refractivity contribution in [2.24, 2.45) is 0 Å². The molecule has 0 aliphatic rings. The Morgan fingerprint density at radius 2 is 1.73 bits per heavy atom. The maximum atomic E-state index is 12.9. The number of aromatic amines is 1. The first kappa shape index (κ1) is 20.7. The number of aromatic nitrogens is 1. The number of rotatable bonds is 4. The van der Waals surface area contributed by atoms with Gasteiger partial charge in [-0.2, -0.15) is 0 Å². The van der Waals surface area contributed by atoms with Crippen LogP contribution in [0.15, 0.2) is 58.2 Å². The van der Waals surface area contributed by atoms with Crippen LogP contribution >= 0.6 is 0 Å². The predicted molar refractivity (Wildman–Crippen MR) is 91.9 cm³/mol. The van der Waals surface area contributed by atoms with Crippen molar-refractivity contribution in [2.45, 2.75) is 4.90 Å². The summed E-state index contributed by atoms with van der Waals surface area (Å²) in [6.07, 6.45) is 0. The van der Waals surface area contributed by atoms with E-state index in [0.717, 1.165) is 24.3 Å². The minimum Gasteiger partial charge on any atom is -0.545 e. The van der Waals surface area contributed by atoms with E-state index < -0.39 is 32.9 Å². The zero-order valence-corrected chi connectivity index (χ0v) is 17.4. The molecular weight excluding hydrogens is 390 g/mol. The van der Waals surface area contributed by atoms with Crippen molar-refractivity contribution in [3.63, 3.8) is 0 Å². The number of carbonyl (C=O) groups is 1. The SMILES string of the molecule is O=C([O-])c1cc(=O)[nH]c2ccc(S(=O)(=O)Nc3ccc(F)cc3)cc12.[K]. The molecule has 0 unspecified atom stereocenters. The summed E-state index contributed by atoms with van der Waals surface area (Å²) in [6.45, 7) is 0. The van der Waals surface area contributed by atoms with E-state index in [-0.39, 0.29) is 72.9 Å². The molecule has 0 atom stereocenters. The number of pyridine rings is 1. The number of nitrogens with one attached hydrogen (secondary N) is 2. The molecule has 0 bridgehead atoms. The van der Waals surface area contributed by atoms with Crippen LogP contribution in [0.4, 0.5) is 10.1 Å². The average molecular weight is 400 g/mol. The quantitative estimate of drug-likeness (QED) is 0.617. The topological polar surface area (TPSA) is 119 Å². The number of anilines is 1. The number of hydrogen-bond donors (Lipinski definition) is 2. The second kappa shape index (κ2) is 7.99. The number of halogens is 1. The summed E-state index contributed by atoms with van der Waals surface area (Å²) in [5.41, 5.74) is -0.764. The summed E-state index contributed by atoms with van der Waals surface area (Å²) in [5, 5.41) is 11.2. The van der Waals surface area contributed by atoms with Gasteiger partial charge in [-0.25, -0.2) is 12.8 Å².